The smallest absolute Gasteiger partial charge is 0.295 e. The lowest BCUT2D eigenvalue weighted by Crippen LogP contribution is -1.86. The highest BCUT2D eigenvalue weighted by atomic mass is 16.4. The maximum atomic E-state index is 5.44. The molecule has 1 aromatic heterocycles. The van der Waals surface area contributed by atoms with Crippen LogP contribution in [-0.2, 0) is 6.42 Å². The van der Waals surface area contributed by atoms with Gasteiger partial charge in [0.1, 0.15) is 5.52 Å². The van der Waals surface area contributed by atoms with Crippen molar-refractivity contribution in [2.75, 3.05) is 12.4 Å². The normalized spacial score (nSPS) is 10.6. The zero-order chi connectivity index (χ0) is 9.26. The summed E-state index contributed by atoms with van der Waals surface area (Å²) in [5.74, 6) is 0. The van der Waals surface area contributed by atoms with Gasteiger partial charge < -0.3 is 9.73 Å². The van der Waals surface area contributed by atoms with E-state index < -0.39 is 0 Å². The van der Waals surface area contributed by atoms with Gasteiger partial charge in [-0.15, -0.1) is 0 Å². The van der Waals surface area contributed by atoms with Crippen LogP contribution in [0.15, 0.2) is 22.6 Å². The van der Waals surface area contributed by atoms with Gasteiger partial charge in [0.15, 0.2) is 5.58 Å². The van der Waals surface area contributed by atoms with Crippen LogP contribution >= 0.6 is 0 Å². The van der Waals surface area contributed by atoms with Crippen molar-refractivity contribution >= 4 is 17.1 Å². The largest absolute Gasteiger partial charge is 0.424 e. The fourth-order valence-electron chi connectivity index (χ4n) is 1.40. The Hall–Kier alpha value is -1.51. The SMILES string of the molecule is CCc1cccc2oc(NC)nc12. The molecule has 0 aliphatic carbocycles. The first-order valence-corrected chi connectivity index (χ1v) is 4.41. The summed E-state index contributed by atoms with van der Waals surface area (Å²) in [6.07, 6.45) is 0.979. The molecule has 0 unspecified atom stereocenters. The van der Waals surface area contributed by atoms with Crippen molar-refractivity contribution in [3.63, 3.8) is 0 Å². The quantitative estimate of drug-likeness (QED) is 0.763. The van der Waals surface area contributed by atoms with E-state index in [1.165, 1.54) is 5.56 Å². The number of aromatic nitrogens is 1. The maximum Gasteiger partial charge on any atom is 0.295 e. The molecule has 0 radical (unpaired) electrons. The Bertz CT molecular complexity index is 420. The van der Waals surface area contributed by atoms with Crippen LogP contribution in [0.1, 0.15) is 12.5 Å². The Balaban J connectivity index is 2.67. The van der Waals surface area contributed by atoms with Gasteiger partial charge in [-0.05, 0) is 18.1 Å². The number of nitrogens with zero attached hydrogens (tertiary/aromatic N) is 1. The van der Waals surface area contributed by atoms with Gasteiger partial charge >= 0.3 is 0 Å². The van der Waals surface area contributed by atoms with E-state index in [4.69, 9.17) is 4.42 Å². The van der Waals surface area contributed by atoms with Crippen molar-refractivity contribution in [1.82, 2.24) is 4.98 Å². The van der Waals surface area contributed by atoms with Crippen molar-refractivity contribution < 1.29 is 4.42 Å². The molecule has 3 heteroatoms. The predicted octanol–water partition coefficient (Wildman–Crippen LogP) is 2.43. The Kier molecular flexibility index (Phi) is 1.93. The molecule has 0 saturated carbocycles. The van der Waals surface area contributed by atoms with Crippen LogP contribution in [-0.4, -0.2) is 12.0 Å². The predicted molar refractivity (Wildman–Crippen MR) is 52.9 cm³/mol. The fraction of sp³-hybridized carbons (Fsp3) is 0.300. The number of hydrogen-bond acceptors (Lipinski definition) is 3. The number of benzene rings is 1. The lowest BCUT2D eigenvalue weighted by molar-refractivity contribution is 0.620. The summed E-state index contributed by atoms with van der Waals surface area (Å²) < 4.78 is 5.44. The van der Waals surface area contributed by atoms with Gasteiger partial charge in [-0.2, -0.15) is 4.98 Å². The molecule has 2 aromatic rings. The molecule has 0 aliphatic heterocycles. The van der Waals surface area contributed by atoms with Crippen LogP contribution in [0.5, 0.6) is 0 Å². The molecule has 0 spiro atoms. The van der Waals surface area contributed by atoms with Crippen LogP contribution in [0.2, 0.25) is 0 Å². The van der Waals surface area contributed by atoms with Gasteiger partial charge in [-0.25, -0.2) is 0 Å². The molecule has 0 aliphatic rings. The Labute approximate surface area is 76.8 Å². The molecule has 13 heavy (non-hydrogen) atoms. The molecule has 68 valence electrons. The first-order valence-electron chi connectivity index (χ1n) is 4.41. The number of aryl methyl sites for hydroxylation is 1. The number of para-hydroxylation sites is 1. The van der Waals surface area contributed by atoms with Crippen LogP contribution in [0.4, 0.5) is 6.01 Å². The van der Waals surface area contributed by atoms with Crippen LogP contribution < -0.4 is 5.32 Å². The lowest BCUT2D eigenvalue weighted by atomic mass is 10.1. The molecule has 1 aromatic carbocycles. The van der Waals surface area contributed by atoms with E-state index in [0.29, 0.717) is 6.01 Å². The van der Waals surface area contributed by atoms with Crippen molar-refractivity contribution in [3.05, 3.63) is 23.8 Å². The van der Waals surface area contributed by atoms with Gasteiger partial charge in [0.05, 0.1) is 0 Å². The number of hydrogen-bond donors (Lipinski definition) is 1. The molecule has 0 bridgehead atoms. The average molecular weight is 176 g/mol. The molecule has 3 nitrogen and oxygen atoms in total. The van der Waals surface area contributed by atoms with E-state index >= 15 is 0 Å². The second kappa shape index (κ2) is 3.09. The zero-order valence-corrected chi connectivity index (χ0v) is 7.79. The molecule has 0 saturated heterocycles. The van der Waals surface area contributed by atoms with E-state index in [0.717, 1.165) is 17.5 Å². The average Bonchev–Trinajstić information content (AvgIpc) is 2.59. The summed E-state index contributed by atoms with van der Waals surface area (Å²) in [6.45, 7) is 2.11. The van der Waals surface area contributed by atoms with Crippen LogP contribution in [0.3, 0.4) is 0 Å². The van der Waals surface area contributed by atoms with Gasteiger partial charge in [0.25, 0.3) is 6.01 Å². The Morgan fingerprint density at radius 1 is 1.46 bits per heavy atom. The molecule has 0 atom stereocenters. The van der Waals surface area contributed by atoms with E-state index in [-0.39, 0.29) is 0 Å². The Morgan fingerprint density at radius 2 is 2.31 bits per heavy atom. The maximum absolute atomic E-state index is 5.44. The van der Waals surface area contributed by atoms with E-state index in [1.54, 1.807) is 7.05 Å². The van der Waals surface area contributed by atoms with Gasteiger partial charge in [0, 0.05) is 7.05 Å². The number of rotatable bonds is 2. The van der Waals surface area contributed by atoms with E-state index in [9.17, 15) is 0 Å². The summed E-state index contributed by atoms with van der Waals surface area (Å²) in [4.78, 5) is 4.32. The highest BCUT2D eigenvalue weighted by Gasteiger charge is 2.06. The number of fused-ring (bicyclic) bond motifs is 1. The van der Waals surface area contributed by atoms with Crippen LogP contribution in [0.25, 0.3) is 11.1 Å². The van der Waals surface area contributed by atoms with E-state index in [2.05, 4.69) is 23.3 Å². The van der Waals surface area contributed by atoms with Crippen molar-refractivity contribution in [2.45, 2.75) is 13.3 Å². The van der Waals surface area contributed by atoms with Gasteiger partial charge in [-0.1, -0.05) is 19.1 Å². The zero-order valence-electron chi connectivity index (χ0n) is 7.79. The molecular weight excluding hydrogens is 164 g/mol. The lowest BCUT2D eigenvalue weighted by Gasteiger charge is -1.93. The molecule has 2 rings (SSSR count). The molecule has 0 fully saturated rings. The van der Waals surface area contributed by atoms with Gasteiger partial charge in [0.2, 0.25) is 0 Å². The molecule has 1 heterocycles. The van der Waals surface area contributed by atoms with Crippen molar-refractivity contribution in [3.8, 4) is 0 Å². The van der Waals surface area contributed by atoms with Crippen LogP contribution in [0, 0.1) is 0 Å². The summed E-state index contributed by atoms with van der Waals surface area (Å²) >= 11 is 0. The van der Waals surface area contributed by atoms with Crippen molar-refractivity contribution in [2.24, 2.45) is 0 Å². The minimum absolute atomic E-state index is 0.580. The first-order chi connectivity index (χ1) is 6.35. The monoisotopic (exact) mass is 176 g/mol. The second-order valence-electron chi connectivity index (χ2n) is 2.89. The summed E-state index contributed by atoms with van der Waals surface area (Å²) in [5.41, 5.74) is 3.04. The number of anilines is 1. The Morgan fingerprint density at radius 3 is 3.00 bits per heavy atom. The summed E-state index contributed by atoms with van der Waals surface area (Å²) in [6, 6.07) is 6.58. The molecule has 0 amide bonds. The highest BCUT2D eigenvalue weighted by molar-refractivity contribution is 5.78. The second-order valence-corrected chi connectivity index (χ2v) is 2.89. The van der Waals surface area contributed by atoms with E-state index in [1.807, 2.05) is 12.1 Å². The van der Waals surface area contributed by atoms with Crippen molar-refractivity contribution in [1.29, 1.82) is 0 Å². The summed E-state index contributed by atoms with van der Waals surface area (Å²) in [5, 5.41) is 2.89. The minimum atomic E-state index is 0.580. The summed E-state index contributed by atoms with van der Waals surface area (Å²) in [7, 11) is 1.80. The third-order valence-electron chi connectivity index (χ3n) is 2.10. The number of nitrogens with one attached hydrogen (secondary N) is 1. The fourth-order valence-corrected chi connectivity index (χ4v) is 1.40. The van der Waals surface area contributed by atoms with Gasteiger partial charge in [-0.3, -0.25) is 0 Å². The third kappa shape index (κ3) is 1.26. The standard InChI is InChI=1S/C10H12N2O/c1-3-7-5-4-6-8-9(7)12-10(11-2)13-8/h4-6H,3H2,1-2H3,(H,11,12). The first kappa shape index (κ1) is 8.10. The number of oxazole rings is 1. The highest BCUT2D eigenvalue weighted by Crippen LogP contribution is 2.21. The molecular formula is C10H12N2O. The minimum Gasteiger partial charge on any atom is -0.424 e. The topological polar surface area (TPSA) is 38.1 Å². The molecule has 1 N–H and O–H groups in total. The third-order valence-corrected chi connectivity index (χ3v) is 2.10.